The molecule has 3 rings (SSSR count). The van der Waals surface area contributed by atoms with Gasteiger partial charge in [0, 0.05) is 31.2 Å². The van der Waals surface area contributed by atoms with Crippen LogP contribution in [0.1, 0.15) is 39.5 Å². The minimum atomic E-state index is 0.352. The van der Waals surface area contributed by atoms with Gasteiger partial charge >= 0.3 is 0 Å². The highest BCUT2D eigenvalue weighted by Gasteiger charge is 2.49. The highest BCUT2D eigenvalue weighted by Crippen LogP contribution is 2.43. The molecule has 0 N–H and O–H groups in total. The monoisotopic (exact) mass is 282 g/mol. The summed E-state index contributed by atoms with van der Waals surface area (Å²) in [6, 6.07) is 0.742. The Balaban J connectivity index is 1.58. The molecular formula is C16H30N2O2. The molecular weight excluding hydrogens is 252 g/mol. The molecule has 2 atom stereocenters. The van der Waals surface area contributed by atoms with Crippen LogP contribution in [0.4, 0.5) is 0 Å². The Morgan fingerprint density at radius 2 is 2.00 bits per heavy atom. The smallest absolute Gasteiger partial charge is 0.0654 e. The summed E-state index contributed by atoms with van der Waals surface area (Å²) in [6.45, 7) is 11.8. The topological polar surface area (TPSA) is 24.9 Å². The summed E-state index contributed by atoms with van der Waals surface area (Å²) < 4.78 is 11.5. The summed E-state index contributed by atoms with van der Waals surface area (Å²) in [5, 5.41) is 0. The van der Waals surface area contributed by atoms with Gasteiger partial charge in [-0.1, -0.05) is 0 Å². The molecule has 0 radical (unpaired) electrons. The summed E-state index contributed by atoms with van der Waals surface area (Å²) >= 11 is 0. The number of rotatable bonds is 5. The van der Waals surface area contributed by atoms with Gasteiger partial charge in [0.25, 0.3) is 0 Å². The molecule has 4 nitrogen and oxygen atoms in total. The lowest BCUT2D eigenvalue weighted by Crippen LogP contribution is -2.50. The zero-order valence-electron chi connectivity index (χ0n) is 13.1. The van der Waals surface area contributed by atoms with Gasteiger partial charge in [0.05, 0.1) is 25.9 Å². The molecule has 3 heterocycles. The number of hydrogen-bond acceptors (Lipinski definition) is 4. The normalized spacial score (nSPS) is 35.9. The average molecular weight is 282 g/mol. The van der Waals surface area contributed by atoms with Crippen molar-refractivity contribution in [3.63, 3.8) is 0 Å². The lowest BCUT2D eigenvalue weighted by atomic mass is 9.95. The largest absolute Gasteiger partial charge is 0.379 e. The van der Waals surface area contributed by atoms with Crippen molar-refractivity contribution in [3.8, 4) is 0 Å². The first-order chi connectivity index (χ1) is 9.70. The summed E-state index contributed by atoms with van der Waals surface area (Å²) in [6.07, 6.45) is 5.71. The Kier molecular flexibility index (Phi) is 4.65. The zero-order valence-corrected chi connectivity index (χ0v) is 13.1. The number of fused-ring (bicyclic) bond motifs is 1. The number of ether oxygens (including phenoxy) is 2. The van der Waals surface area contributed by atoms with Gasteiger partial charge in [-0.15, -0.1) is 0 Å². The third-order valence-electron chi connectivity index (χ3n) is 5.29. The first-order valence-electron chi connectivity index (χ1n) is 8.38. The Labute approximate surface area is 123 Å². The second-order valence-electron chi connectivity index (χ2n) is 6.99. The second-order valence-corrected chi connectivity index (χ2v) is 6.99. The molecule has 0 bridgehead atoms. The molecule has 3 fully saturated rings. The quantitative estimate of drug-likeness (QED) is 0.767. The van der Waals surface area contributed by atoms with Crippen LogP contribution in [-0.2, 0) is 9.47 Å². The zero-order chi connectivity index (χ0) is 14.0. The molecule has 0 aromatic heterocycles. The van der Waals surface area contributed by atoms with Crippen molar-refractivity contribution in [1.29, 1.82) is 0 Å². The van der Waals surface area contributed by atoms with Crippen molar-refractivity contribution in [3.05, 3.63) is 0 Å². The molecule has 3 aliphatic heterocycles. The Morgan fingerprint density at radius 1 is 1.20 bits per heavy atom. The summed E-state index contributed by atoms with van der Waals surface area (Å²) in [5.41, 5.74) is 0.362. The van der Waals surface area contributed by atoms with E-state index < -0.39 is 0 Å². The maximum atomic E-state index is 5.99. The van der Waals surface area contributed by atoms with Gasteiger partial charge in [-0.25, -0.2) is 0 Å². The Hall–Kier alpha value is -0.160. The van der Waals surface area contributed by atoms with Crippen LogP contribution in [0, 0.1) is 0 Å². The molecule has 3 aliphatic rings. The summed E-state index contributed by atoms with van der Waals surface area (Å²) in [7, 11) is 0. The van der Waals surface area contributed by atoms with Crippen LogP contribution in [-0.4, -0.2) is 73.5 Å². The van der Waals surface area contributed by atoms with Crippen LogP contribution in [0.15, 0.2) is 0 Å². The van der Waals surface area contributed by atoms with E-state index in [-0.39, 0.29) is 0 Å². The highest BCUT2D eigenvalue weighted by atomic mass is 16.5. The van der Waals surface area contributed by atoms with Gasteiger partial charge in [0.15, 0.2) is 0 Å². The minimum Gasteiger partial charge on any atom is -0.379 e. The van der Waals surface area contributed by atoms with E-state index in [9.17, 15) is 0 Å². The van der Waals surface area contributed by atoms with Crippen molar-refractivity contribution in [2.75, 3.05) is 46.0 Å². The van der Waals surface area contributed by atoms with E-state index >= 15 is 0 Å². The van der Waals surface area contributed by atoms with Crippen LogP contribution < -0.4 is 0 Å². The summed E-state index contributed by atoms with van der Waals surface area (Å²) in [5.74, 6) is 0. The van der Waals surface area contributed by atoms with Gasteiger partial charge < -0.3 is 9.47 Å². The lowest BCUT2D eigenvalue weighted by molar-refractivity contribution is -0.0147. The first kappa shape index (κ1) is 14.8. The molecule has 3 saturated heterocycles. The van der Waals surface area contributed by atoms with Crippen LogP contribution in [0.25, 0.3) is 0 Å². The van der Waals surface area contributed by atoms with Crippen molar-refractivity contribution in [2.45, 2.75) is 57.2 Å². The Bertz CT molecular complexity index is 318. The number of nitrogens with zero attached hydrogens (tertiary/aromatic N) is 2. The van der Waals surface area contributed by atoms with E-state index in [0.29, 0.717) is 11.6 Å². The average Bonchev–Trinajstić information content (AvgIpc) is 2.99. The minimum absolute atomic E-state index is 0.352. The van der Waals surface area contributed by atoms with Gasteiger partial charge in [0.1, 0.15) is 0 Å². The highest BCUT2D eigenvalue weighted by molar-refractivity contribution is 5.05. The van der Waals surface area contributed by atoms with Gasteiger partial charge in [-0.05, 0) is 46.1 Å². The molecule has 0 saturated carbocycles. The van der Waals surface area contributed by atoms with E-state index in [1.54, 1.807) is 0 Å². The van der Waals surface area contributed by atoms with Gasteiger partial charge in [-0.3, -0.25) is 9.80 Å². The van der Waals surface area contributed by atoms with E-state index in [4.69, 9.17) is 9.47 Å². The van der Waals surface area contributed by atoms with Crippen LogP contribution >= 0.6 is 0 Å². The Morgan fingerprint density at radius 3 is 2.75 bits per heavy atom. The molecule has 0 amide bonds. The molecule has 20 heavy (non-hydrogen) atoms. The van der Waals surface area contributed by atoms with E-state index in [1.165, 1.54) is 38.8 Å². The molecule has 4 heteroatoms. The van der Waals surface area contributed by atoms with Crippen LogP contribution in [0.5, 0.6) is 0 Å². The van der Waals surface area contributed by atoms with Crippen molar-refractivity contribution < 1.29 is 9.47 Å². The van der Waals surface area contributed by atoms with Crippen molar-refractivity contribution in [1.82, 2.24) is 9.80 Å². The van der Waals surface area contributed by atoms with E-state index in [1.807, 2.05) is 0 Å². The van der Waals surface area contributed by atoms with Crippen molar-refractivity contribution in [2.24, 2.45) is 0 Å². The molecule has 0 spiro atoms. The summed E-state index contributed by atoms with van der Waals surface area (Å²) in [4.78, 5) is 5.37. The predicted octanol–water partition coefficient (Wildman–Crippen LogP) is 1.74. The third kappa shape index (κ3) is 3.03. The number of hydrogen-bond donors (Lipinski definition) is 0. The van der Waals surface area contributed by atoms with Crippen LogP contribution in [0.3, 0.4) is 0 Å². The van der Waals surface area contributed by atoms with Crippen LogP contribution in [0.2, 0.25) is 0 Å². The lowest BCUT2D eigenvalue weighted by Gasteiger charge is -2.38. The fourth-order valence-electron chi connectivity index (χ4n) is 4.21. The third-order valence-corrected chi connectivity index (χ3v) is 5.29. The maximum absolute atomic E-state index is 5.99. The molecule has 0 aromatic carbocycles. The number of morpholine rings is 1. The molecule has 116 valence electrons. The van der Waals surface area contributed by atoms with Crippen molar-refractivity contribution >= 4 is 0 Å². The fourth-order valence-corrected chi connectivity index (χ4v) is 4.21. The van der Waals surface area contributed by atoms with Gasteiger partial charge in [0.2, 0.25) is 0 Å². The second kappa shape index (κ2) is 6.30. The van der Waals surface area contributed by atoms with E-state index in [2.05, 4.69) is 23.6 Å². The predicted molar refractivity (Wildman–Crippen MR) is 80.0 cm³/mol. The van der Waals surface area contributed by atoms with Gasteiger partial charge in [-0.2, -0.15) is 0 Å². The molecule has 0 aromatic rings. The van der Waals surface area contributed by atoms with E-state index in [0.717, 1.165) is 39.0 Å². The fraction of sp³-hybridized carbons (Fsp3) is 1.00. The standard InChI is InChI=1S/C16H30N2O2/c1-14(2)20-13-16-5-3-7-18(16)15(4-6-16)12-17-8-10-19-11-9-17/h14-15H,3-13H2,1-2H3. The molecule has 2 unspecified atom stereocenters. The maximum Gasteiger partial charge on any atom is 0.0654 e. The SMILES string of the molecule is CC(C)OCC12CCCN1C(CN1CCOCC1)CC2. The molecule has 0 aliphatic carbocycles. The first-order valence-corrected chi connectivity index (χ1v) is 8.38.